The van der Waals surface area contributed by atoms with Crippen LogP contribution in [-0.2, 0) is 17.3 Å². The van der Waals surface area contributed by atoms with Crippen molar-refractivity contribution in [2.24, 2.45) is 0 Å². The summed E-state index contributed by atoms with van der Waals surface area (Å²) in [5, 5.41) is 10.8. The Morgan fingerprint density at radius 3 is 1.74 bits per heavy atom. The van der Waals surface area contributed by atoms with Gasteiger partial charge in [-0.15, -0.1) is 0 Å². The molecule has 0 aliphatic heterocycles. The van der Waals surface area contributed by atoms with Crippen LogP contribution in [0.2, 0.25) is 0 Å². The van der Waals surface area contributed by atoms with E-state index >= 15 is 0 Å². The molecule has 1 radical (unpaired) electrons. The molecule has 0 bridgehead atoms. The Hall–Kier alpha value is -1.76. The average Bonchev–Trinajstić information content (AvgIpc) is 2.44. The van der Waals surface area contributed by atoms with Crippen molar-refractivity contribution in [3.05, 3.63) is 71.1 Å². The quantitative estimate of drug-likeness (QED) is 0.761. The summed E-state index contributed by atoms with van der Waals surface area (Å²) in [6, 6.07) is 14.7. The third-order valence-electron chi connectivity index (χ3n) is 4.16. The van der Waals surface area contributed by atoms with Gasteiger partial charge >= 0.3 is 0 Å². The van der Waals surface area contributed by atoms with Gasteiger partial charge in [0, 0.05) is 0 Å². The van der Waals surface area contributed by atoms with Gasteiger partial charge in [0.1, 0.15) is 5.75 Å². The molecule has 0 aromatic heterocycles. The van der Waals surface area contributed by atoms with Gasteiger partial charge in [-0.25, -0.2) is 0 Å². The number of hydrogen-bond donors (Lipinski definition) is 1. The highest BCUT2D eigenvalue weighted by molar-refractivity contribution is 5.50. The van der Waals surface area contributed by atoms with E-state index in [0.29, 0.717) is 5.75 Å². The van der Waals surface area contributed by atoms with E-state index in [4.69, 9.17) is 0 Å². The van der Waals surface area contributed by atoms with Crippen LogP contribution in [0, 0.1) is 6.42 Å². The fourth-order valence-electron chi connectivity index (χ4n) is 2.78. The van der Waals surface area contributed by atoms with Crippen LogP contribution in [-0.4, -0.2) is 5.11 Å². The van der Waals surface area contributed by atoms with E-state index < -0.39 is 0 Å². The number of phenolic OH excluding ortho intramolecular Hbond substituents is 1. The first-order valence-corrected chi connectivity index (χ1v) is 8.34. The van der Waals surface area contributed by atoms with Crippen molar-refractivity contribution in [2.75, 3.05) is 0 Å². The Morgan fingerprint density at radius 1 is 0.826 bits per heavy atom. The highest BCUT2D eigenvalue weighted by Crippen LogP contribution is 2.40. The van der Waals surface area contributed by atoms with Crippen molar-refractivity contribution in [1.82, 2.24) is 0 Å². The maximum absolute atomic E-state index is 10.8. The largest absolute Gasteiger partial charge is 0.507 e. The Kier molecular flexibility index (Phi) is 4.89. The Morgan fingerprint density at radius 2 is 1.30 bits per heavy atom. The topological polar surface area (TPSA) is 20.2 Å². The van der Waals surface area contributed by atoms with Crippen LogP contribution in [0.3, 0.4) is 0 Å². The number of hydrogen-bond acceptors (Lipinski definition) is 1. The molecule has 2 aromatic rings. The molecule has 0 fully saturated rings. The minimum Gasteiger partial charge on any atom is -0.507 e. The van der Waals surface area contributed by atoms with Gasteiger partial charge in [-0.1, -0.05) is 84.0 Å². The number of aromatic hydroxyl groups is 1. The molecule has 0 unspecified atom stereocenters. The normalized spacial score (nSPS) is 12.4. The van der Waals surface area contributed by atoms with Crippen molar-refractivity contribution in [3.63, 3.8) is 0 Å². The first-order valence-electron chi connectivity index (χ1n) is 8.34. The van der Waals surface area contributed by atoms with Crippen molar-refractivity contribution in [3.8, 4) is 5.75 Å². The molecule has 0 aliphatic rings. The van der Waals surface area contributed by atoms with Crippen LogP contribution >= 0.6 is 0 Å². The van der Waals surface area contributed by atoms with Gasteiger partial charge in [-0.05, 0) is 45.9 Å². The summed E-state index contributed by atoms with van der Waals surface area (Å²) in [5.74, 6) is 0.452. The zero-order chi connectivity index (χ0) is 17.3. The van der Waals surface area contributed by atoms with Crippen LogP contribution in [0.5, 0.6) is 5.75 Å². The molecule has 123 valence electrons. The lowest BCUT2D eigenvalue weighted by Gasteiger charge is -2.28. The van der Waals surface area contributed by atoms with Crippen LogP contribution < -0.4 is 0 Å². The van der Waals surface area contributed by atoms with E-state index in [1.165, 1.54) is 11.1 Å². The van der Waals surface area contributed by atoms with Gasteiger partial charge in [-0.2, -0.15) is 0 Å². The maximum Gasteiger partial charge on any atom is 0.123 e. The second-order valence-electron chi connectivity index (χ2n) is 8.36. The van der Waals surface area contributed by atoms with Gasteiger partial charge in [0.15, 0.2) is 0 Å². The molecular weight excluding hydrogens is 280 g/mol. The van der Waals surface area contributed by atoms with Crippen molar-refractivity contribution in [1.29, 1.82) is 0 Å². The first kappa shape index (κ1) is 17.6. The van der Waals surface area contributed by atoms with E-state index in [1.807, 2.05) is 6.07 Å². The highest BCUT2D eigenvalue weighted by Gasteiger charge is 2.26. The molecule has 0 aliphatic carbocycles. The molecule has 0 atom stereocenters. The first-order chi connectivity index (χ1) is 10.6. The highest BCUT2D eigenvalue weighted by atomic mass is 16.3. The van der Waals surface area contributed by atoms with Crippen LogP contribution in [0.1, 0.15) is 63.8 Å². The second kappa shape index (κ2) is 6.39. The van der Waals surface area contributed by atoms with Gasteiger partial charge in [0.05, 0.1) is 0 Å². The van der Waals surface area contributed by atoms with E-state index in [2.05, 4.69) is 84.4 Å². The zero-order valence-corrected chi connectivity index (χ0v) is 15.3. The number of rotatable bonds is 3. The van der Waals surface area contributed by atoms with Crippen LogP contribution in [0.15, 0.2) is 42.5 Å². The minimum atomic E-state index is -0.0765. The molecule has 0 saturated carbocycles. The molecule has 1 N–H and O–H groups in total. The third-order valence-corrected chi connectivity index (χ3v) is 4.16. The summed E-state index contributed by atoms with van der Waals surface area (Å²) >= 11 is 0. The maximum atomic E-state index is 10.8. The molecule has 0 heterocycles. The smallest absolute Gasteiger partial charge is 0.123 e. The lowest BCUT2D eigenvalue weighted by atomic mass is 9.78. The van der Waals surface area contributed by atoms with E-state index in [0.717, 1.165) is 17.5 Å². The summed E-state index contributed by atoms with van der Waals surface area (Å²) in [4.78, 5) is 0. The molecule has 0 spiro atoms. The molecule has 2 rings (SSSR count). The van der Waals surface area contributed by atoms with E-state index in [-0.39, 0.29) is 10.8 Å². The average molecular weight is 309 g/mol. The van der Waals surface area contributed by atoms with E-state index in [1.54, 1.807) is 0 Å². The summed E-state index contributed by atoms with van der Waals surface area (Å²) in [6.45, 7) is 12.9. The molecule has 1 nitrogen and oxygen atoms in total. The molecule has 2 aromatic carbocycles. The lowest BCUT2D eigenvalue weighted by molar-refractivity contribution is 0.423. The minimum absolute atomic E-state index is 0.0765. The SMILES string of the molecule is CC(C)(C)c1cc(C[CH]c2ccccc2)cc(C(C)(C)C)c1O. The van der Waals surface area contributed by atoms with Gasteiger partial charge < -0.3 is 5.11 Å². The Labute approximate surface area is 141 Å². The summed E-state index contributed by atoms with van der Waals surface area (Å²) < 4.78 is 0. The Bertz CT molecular complexity index is 620. The summed E-state index contributed by atoms with van der Waals surface area (Å²) in [6.07, 6.45) is 3.11. The van der Waals surface area contributed by atoms with E-state index in [9.17, 15) is 5.11 Å². The fraction of sp³-hybridized carbons (Fsp3) is 0.409. The standard InChI is InChI=1S/C22H29O/c1-21(2,3)18-14-17(13-12-16-10-8-7-9-11-16)15-19(20(18)23)22(4,5)6/h7-12,14-15,23H,13H2,1-6H3. The molecule has 1 heteroatoms. The molecule has 0 saturated heterocycles. The molecule has 0 amide bonds. The predicted molar refractivity (Wildman–Crippen MR) is 99.1 cm³/mol. The third kappa shape index (κ3) is 4.37. The number of phenols is 1. The number of benzene rings is 2. The molecule has 23 heavy (non-hydrogen) atoms. The van der Waals surface area contributed by atoms with Crippen LogP contribution in [0.25, 0.3) is 0 Å². The van der Waals surface area contributed by atoms with Crippen LogP contribution in [0.4, 0.5) is 0 Å². The van der Waals surface area contributed by atoms with Gasteiger partial charge in [0.2, 0.25) is 0 Å². The van der Waals surface area contributed by atoms with Crippen molar-refractivity contribution in [2.45, 2.75) is 58.8 Å². The van der Waals surface area contributed by atoms with Crippen molar-refractivity contribution >= 4 is 0 Å². The summed E-state index contributed by atoms with van der Waals surface area (Å²) in [5.41, 5.74) is 4.39. The molecular formula is C22H29O. The van der Waals surface area contributed by atoms with Crippen molar-refractivity contribution < 1.29 is 5.11 Å². The lowest BCUT2D eigenvalue weighted by Crippen LogP contribution is -2.18. The van der Waals surface area contributed by atoms with Gasteiger partial charge in [-0.3, -0.25) is 0 Å². The van der Waals surface area contributed by atoms with Gasteiger partial charge in [0.25, 0.3) is 0 Å². The fourth-order valence-corrected chi connectivity index (χ4v) is 2.78. The predicted octanol–water partition coefficient (Wildman–Crippen LogP) is 5.78. The zero-order valence-electron chi connectivity index (χ0n) is 15.3. The summed E-state index contributed by atoms with van der Waals surface area (Å²) in [7, 11) is 0. The second-order valence-corrected chi connectivity index (χ2v) is 8.36. The monoisotopic (exact) mass is 309 g/mol. The Balaban J connectivity index is 2.40.